The Morgan fingerprint density at radius 2 is 1.94 bits per heavy atom. The van der Waals surface area contributed by atoms with Gasteiger partial charge in [-0.1, -0.05) is 36.4 Å². The van der Waals surface area contributed by atoms with E-state index in [9.17, 15) is 5.11 Å². The maximum absolute atomic E-state index is 9.88. The van der Waals surface area contributed by atoms with Gasteiger partial charge in [-0.25, -0.2) is 0 Å². The van der Waals surface area contributed by atoms with Gasteiger partial charge < -0.3 is 10.4 Å². The molecule has 0 bridgehead atoms. The molecule has 0 aliphatic heterocycles. The maximum Gasteiger partial charge on any atom is 0.0894 e. The van der Waals surface area contributed by atoms with Gasteiger partial charge in [-0.05, 0) is 30.0 Å². The van der Waals surface area contributed by atoms with E-state index in [0.29, 0.717) is 0 Å². The van der Waals surface area contributed by atoms with Crippen LogP contribution in [0, 0.1) is 0 Å². The minimum atomic E-state index is -0.335. The summed E-state index contributed by atoms with van der Waals surface area (Å²) >= 11 is 1.61. The molecule has 1 aromatic carbocycles. The van der Waals surface area contributed by atoms with Gasteiger partial charge in [0.2, 0.25) is 0 Å². The Bertz CT molecular complexity index is 413. The lowest BCUT2D eigenvalue weighted by atomic mass is 10.2. The molecule has 3 heteroatoms. The van der Waals surface area contributed by atoms with Crippen molar-refractivity contribution in [1.29, 1.82) is 0 Å². The number of rotatable bonds is 6. The van der Waals surface area contributed by atoms with Crippen molar-refractivity contribution in [3.8, 4) is 0 Å². The highest BCUT2D eigenvalue weighted by Gasteiger charge is 2.07. The van der Waals surface area contributed by atoms with Crippen LogP contribution >= 0.6 is 11.3 Å². The van der Waals surface area contributed by atoms with Crippen LogP contribution in [0.4, 0.5) is 0 Å². The molecule has 0 aliphatic carbocycles. The Kier molecular flexibility index (Phi) is 4.74. The second-order valence-electron chi connectivity index (χ2n) is 3.98. The van der Waals surface area contributed by atoms with E-state index in [1.165, 1.54) is 5.56 Å². The molecule has 0 radical (unpaired) electrons. The molecule has 0 saturated carbocycles. The Hall–Kier alpha value is -1.16. The minimum absolute atomic E-state index is 0.335. The molecule has 1 heterocycles. The topological polar surface area (TPSA) is 32.3 Å². The maximum atomic E-state index is 9.88. The normalized spacial score (nSPS) is 12.5. The Balaban J connectivity index is 1.67. The zero-order valence-corrected chi connectivity index (χ0v) is 10.5. The lowest BCUT2D eigenvalue weighted by Gasteiger charge is -2.09. The van der Waals surface area contributed by atoms with Crippen LogP contribution in [0.3, 0.4) is 0 Å². The van der Waals surface area contributed by atoms with E-state index < -0.39 is 0 Å². The minimum Gasteiger partial charge on any atom is -0.388 e. The van der Waals surface area contributed by atoms with E-state index in [1.807, 2.05) is 35.7 Å². The molecule has 2 aromatic rings. The summed E-state index contributed by atoms with van der Waals surface area (Å²) in [5.41, 5.74) is 1.28. The average Bonchev–Trinajstić information content (AvgIpc) is 2.89. The second-order valence-corrected chi connectivity index (χ2v) is 4.96. The molecule has 0 amide bonds. The predicted octanol–water partition coefficient (Wildman–Crippen LogP) is 2.96. The van der Waals surface area contributed by atoms with Crippen molar-refractivity contribution in [3.05, 3.63) is 58.3 Å². The number of aliphatic hydroxyl groups excluding tert-OH is 1. The molecule has 2 rings (SSSR count). The fraction of sp³-hybridized carbons (Fsp3) is 0.286. The molecule has 0 aliphatic rings. The average molecular weight is 247 g/mol. The van der Waals surface area contributed by atoms with Crippen molar-refractivity contribution >= 4 is 11.3 Å². The van der Waals surface area contributed by atoms with Gasteiger partial charge in [-0.2, -0.15) is 0 Å². The first-order valence-electron chi connectivity index (χ1n) is 5.82. The number of aliphatic hydroxyl groups is 1. The zero-order valence-electron chi connectivity index (χ0n) is 9.67. The van der Waals surface area contributed by atoms with E-state index in [1.54, 1.807) is 11.3 Å². The molecule has 17 heavy (non-hydrogen) atoms. The Morgan fingerprint density at radius 3 is 2.65 bits per heavy atom. The molecule has 0 unspecified atom stereocenters. The van der Waals surface area contributed by atoms with E-state index in [-0.39, 0.29) is 6.10 Å². The van der Waals surface area contributed by atoms with Gasteiger partial charge in [-0.3, -0.25) is 0 Å². The van der Waals surface area contributed by atoms with Gasteiger partial charge in [0.1, 0.15) is 0 Å². The van der Waals surface area contributed by atoms with E-state index in [4.69, 9.17) is 0 Å². The largest absolute Gasteiger partial charge is 0.388 e. The van der Waals surface area contributed by atoms with Gasteiger partial charge in [0.15, 0.2) is 0 Å². The molecule has 2 N–H and O–H groups in total. The summed E-state index contributed by atoms with van der Waals surface area (Å²) < 4.78 is 0. The third kappa shape index (κ3) is 3.97. The summed E-state index contributed by atoms with van der Waals surface area (Å²) in [7, 11) is 0. The molecular formula is C14H17NOS. The standard InChI is InChI=1S/C14H17NOS/c16-13(14-7-4-10-17-14)8-9-15-11-12-5-2-1-3-6-12/h1-7,10,13,15-16H,8-9,11H2/t13-/m0/s1. The first-order chi connectivity index (χ1) is 8.36. The van der Waals surface area contributed by atoms with Crippen molar-refractivity contribution < 1.29 is 5.11 Å². The monoisotopic (exact) mass is 247 g/mol. The van der Waals surface area contributed by atoms with Crippen molar-refractivity contribution in [3.63, 3.8) is 0 Å². The molecule has 1 aromatic heterocycles. The summed E-state index contributed by atoms with van der Waals surface area (Å²) in [5.74, 6) is 0. The van der Waals surface area contributed by atoms with Crippen LogP contribution in [0.25, 0.3) is 0 Å². The summed E-state index contributed by atoms with van der Waals surface area (Å²) in [6.07, 6.45) is 0.422. The smallest absolute Gasteiger partial charge is 0.0894 e. The van der Waals surface area contributed by atoms with Gasteiger partial charge in [-0.15, -0.1) is 11.3 Å². The lowest BCUT2D eigenvalue weighted by molar-refractivity contribution is 0.170. The third-order valence-corrected chi connectivity index (χ3v) is 3.61. The molecule has 0 spiro atoms. The predicted molar refractivity (Wildman–Crippen MR) is 72.0 cm³/mol. The van der Waals surface area contributed by atoms with Crippen molar-refractivity contribution in [2.45, 2.75) is 19.1 Å². The fourth-order valence-electron chi connectivity index (χ4n) is 1.69. The SMILES string of the molecule is O[C@@H](CCNCc1ccccc1)c1cccs1. The molecule has 90 valence electrons. The van der Waals surface area contributed by atoms with Crippen molar-refractivity contribution in [1.82, 2.24) is 5.32 Å². The van der Waals surface area contributed by atoms with Crippen LogP contribution < -0.4 is 5.32 Å². The highest BCUT2D eigenvalue weighted by atomic mass is 32.1. The molecular weight excluding hydrogens is 230 g/mol. The fourth-order valence-corrected chi connectivity index (χ4v) is 2.44. The first kappa shape index (κ1) is 12.3. The zero-order chi connectivity index (χ0) is 11.9. The van der Waals surface area contributed by atoms with Gasteiger partial charge in [0.25, 0.3) is 0 Å². The number of hydrogen-bond acceptors (Lipinski definition) is 3. The van der Waals surface area contributed by atoms with Crippen LogP contribution in [-0.2, 0) is 6.54 Å². The summed E-state index contributed by atoms with van der Waals surface area (Å²) in [4.78, 5) is 1.05. The second kappa shape index (κ2) is 6.55. The Morgan fingerprint density at radius 1 is 1.12 bits per heavy atom. The van der Waals surface area contributed by atoms with Crippen LogP contribution in [-0.4, -0.2) is 11.7 Å². The summed E-state index contributed by atoms with van der Waals surface area (Å²) in [6.45, 7) is 1.69. The quantitative estimate of drug-likeness (QED) is 0.769. The Labute approximate surface area is 106 Å². The van der Waals surface area contributed by atoms with Gasteiger partial charge in [0.05, 0.1) is 6.10 Å². The molecule has 1 atom stereocenters. The van der Waals surface area contributed by atoms with Crippen LogP contribution in [0.2, 0.25) is 0 Å². The third-order valence-electron chi connectivity index (χ3n) is 2.64. The van der Waals surface area contributed by atoms with Crippen LogP contribution in [0.5, 0.6) is 0 Å². The highest BCUT2D eigenvalue weighted by Crippen LogP contribution is 2.20. The molecule has 0 saturated heterocycles. The van der Waals surface area contributed by atoms with Crippen molar-refractivity contribution in [2.24, 2.45) is 0 Å². The van der Waals surface area contributed by atoms with E-state index in [0.717, 1.165) is 24.4 Å². The number of thiophene rings is 1. The van der Waals surface area contributed by atoms with Crippen LogP contribution in [0.15, 0.2) is 47.8 Å². The number of benzene rings is 1. The first-order valence-corrected chi connectivity index (χ1v) is 6.70. The molecule has 2 nitrogen and oxygen atoms in total. The van der Waals surface area contributed by atoms with Crippen molar-refractivity contribution in [2.75, 3.05) is 6.54 Å². The van der Waals surface area contributed by atoms with Crippen LogP contribution in [0.1, 0.15) is 23.0 Å². The van der Waals surface area contributed by atoms with Gasteiger partial charge in [0, 0.05) is 11.4 Å². The van der Waals surface area contributed by atoms with Gasteiger partial charge >= 0.3 is 0 Å². The highest BCUT2D eigenvalue weighted by molar-refractivity contribution is 7.10. The summed E-state index contributed by atoms with van der Waals surface area (Å²) in [5, 5.41) is 15.2. The molecule has 0 fully saturated rings. The van der Waals surface area contributed by atoms with E-state index in [2.05, 4.69) is 17.4 Å². The number of hydrogen-bond donors (Lipinski definition) is 2. The summed E-state index contributed by atoms with van der Waals surface area (Å²) in [6, 6.07) is 14.2. The van der Waals surface area contributed by atoms with E-state index >= 15 is 0 Å². The lowest BCUT2D eigenvalue weighted by Crippen LogP contribution is -2.16. The number of nitrogens with one attached hydrogen (secondary N) is 1.